The van der Waals surface area contributed by atoms with Crippen molar-refractivity contribution >= 4 is 22.2 Å². The molecular weight excluding hydrogens is 244 g/mol. The second-order valence-electron chi connectivity index (χ2n) is 5.00. The van der Waals surface area contributed by atoms with E-state index in [1.54, 1.807) is 17.7 Å². The summed E-state index contributed by atoms with van der Waals surface area (Å²) in [6, 6.07) is 0. The first-order valence-electron chi connectivity index (χ1n) is 6.56. The molecule has 0 aromatic carbocycles. The first kappa shape index (κ1) is 11.9. The predicted octanol–water partition coefficient (Wildman–Crippen LogP) is 3.65. The Morgan fingerprint density at radius 1 is 1.44 bits per heavy atom. The van der Waals surface area contributed by atoms with Crippen LogP contribution in [-0.2, 0) is 0 Å². The van der Waals surface area contributed by atoms with Gasteiger partial charge in [-0.05, 0) is 18.8 Å². The Labute approximate surface area is 111 Å². The molecule has 0 spiro atoms. The zero-order valence-corrected chi connectivity index (χ0v) is 11.2. The Bertz CT molecular complexity index is 551. The van der Waals surface area contributed by atoms with Crippen molar-refractivity contribution in [2.75, 3.05) is 0 Å². The molecule has 2 aromatic heterocycles. The molecule has 0 unspecified atom stereocenters. The van der Waals surface area contributed by atoms with Gasteiger partial charge in [-0.25, -0.2) is 4.98 Å². The lowest BCUT2D eigenvalue weighted by Gasteiger charge is -2.26. The van der Waals surface area contributed by atoms with Crippen molar-refractivity contribution in [3.05, 3.63) is 29.7 Å². The lowest BCUT2D eigenvalue weighted by atomic mass is 9.84. The maximum absolute atomic E-state index is 10.7. The summed E-state index contributed by atoms with van der Waals surface area (Å²) in [5.41, 5.74) is 0.981. The standard InChI is InChI=1S/C14H18N2OS/c1-2-11-13(16-9-15-8-12(16)18-11)14(17)10-6-4-3-5-7-10/h2,8-10,14,17H,1,3-7H2/t14-/m1/s1. The van der Waals surface area contributed by atoms with Crippen molar-refractivity contribution in [1.82, 2.24) is 9.38 Å². The van der Waals surface area contributed by atoms with E-state index in [2.05, 4.69) is 11.6 Å². The van der Waals surface area contributed by atoms with Crippen molar-refractivity contribution in [3.63, 3.8) is 0 Å². The van der Waals surface area contributed by atoms with Gasteiger partial charge in [0.25, 0.3) is 0 Å². The topological polar surface area (TPSA) is 37.5 Å². The smallest absolute Gasteiger partial charge is 0.120 e. The average molecular weight is 262 g/mol. The first-order chi connectivity index (χ1) is 8.81. The highest BCUT2D eigenvalue weighted by molar-refractivity contribution is 7.18. The fourth-order valence-corrected chi connectivity index (χ4v) is 3.92. The van der Waals surface area contributed by atoms with Gasteiger partial charge in [-0.1, -0.05) is 31.9 Å². The molecule has 0 bridgehead atoms. The third kappa shape index (κ3) is 1.89. The van der Waals surface area contributed by atoms with Gasteiger partial charge in [0.15, 0.2) is 0 Å². The molecule has 1 saturated carbocycles. The summed E-state index contributed by atoms with van der Waals surface area (Å²) in [4.78, 5) is 6.31. The Balaban J connectivity index is 2.00. The fraction of sp³-hybridized carbons (Fsp3) is 0.500. The third-order valence-electron chi connectivity index (χ3n) is 3.89. The molecule has 1 aliphatic carbocycles. The van der Waals surface area contributed by atoms with Crippen molar-refractivity contribution in [2.24, 2.45) is 5.92 Å². The van der Waals surface area contributed by atoms with Gasteiger partial charge in [0.1, 0.15) is 11.2 Å². The minimum Gasteiger partial charge on any atom is -0.387 e. The van der Waals surface area contributed by atoms with E-state index in [9.17, 15) is 5.11 Å². The van der Waals surface area contributed by atoms with E-state index in [1.807, 2.05) is 16.7 Å². The summed E-state index contributed by atoms with van der Waals surface area (Å²) >= 11 is 1.65. The van der Waals surface area contributed by atoms with Gasteiger partial charge >= 0.3 is 0 Å². The number of hydrogen-bond donors (Lipinski definition) is 1. The van der Waals surface area contributed by atoms with Crippen LogP contribution >= 0.6 is 11.3 Å². The van der Waals surface area contributed by atoms with E-state index in [4.69, 9.17) is 0 Å². The number of fused-ring (bicyclic) bond motifs is 1. The Morgan fingerprint density at radius 2 is 2.22 bits per heavy atom. The first-order valence-corrected chi connectivity index (χ1v) is 7.38. The van der Waals surface area contributed by atoms with Gasteiger partial charge in [-0.3, -0.25) is 4.40 Å². The highest BCUT2D eigenvalue weighted by Gasteiger charge is 2.27. The zero-order valence-electron chi connectivity index (χ0n) is 10.4. The molecule has 1 N–H and O–H groups in total. The molecule has 0 saturated heterocycles. The second kappa shape index (κ2) is 4.86. The Hall–Kier alpha value is -1.13. The van der Waals surface area contributed by atoms with E-state index in [1.165, 1.54) is 19.3 Å². The minimum absolute atomic E-state index is 0.387. The van der Waals surface area contributed by atoms with Crippen LogP contribution in [-0.4, -0.2) is 14.5 Å². The summed E-state index contributed by atoms with van der Waals surface area (Å²) in [6.07, 6.45) is 11.1. The maximum Gasteiger partial charge on any atom is 0.120 e. The van der Waals surface area contributed by atoms with Crippen molar-refractivity contribution < 1.29 is 5.11 Å². The van der Waals surface area contributed by atoms with Crippen LogP contribution in [0.4, 0.5) is 0 Å². The molecule has 4 heteroatoms. The predicted molar refractivity (Wildman–Crippen MR) is 74.7 cm³/mol. The molecule has 0 radical (unpaired) electrons. The number of nitrogens with zero attached hydrogens (tertiary/aromatic N) is 2. The van der Waals surface area contributed by atoms with Gasteiger partial charge in [0.2, 0.25) is 0 Å². The third-order valence-corrected chi connectivity index (χ3v) is 5.00. The number of thiazole rings is 1. The van der Waals surface area contributed by atoms with E-state index in [-0.39, 0.29) is 6.10 Å². The van der Waals surface area contributed by atoms with Gasteiger partial charge in [-0.15, -0.1) is 11.3 Å². The fourth-order valence-electron chi connectivity index (χ4n) is 2.93. The summed E-state index contributed by atoms with van der Waals surface area (Å²) in [5, 5.41) is 10.7. The van der Waals surface area contributed by atoms with Crippen LogP contribution in [0.1, 0.15) is 48.8 Å². The molecule has 1 aliphatic rings. The molecule has 2 heterocycles. The molecular formula is C14H18N2OS. The molecule has 0 aliphatic heterocycles. The Kier molecular flexibility index (Phi) is 3.22. The van der Waals surface area contributed by atoms with Crippen LogP contribution in [0.2, 0.25) is 0 Å². The monoisotopic (exact) mass is 262 g/mol. The van der Waals surface area contributed by atoms with Gasteiger partial charge in [-0.2, -0.15) is 0 Å². The molecule has 0 amide bonds. The van der Waals surface area contributed by atoms with Crippen molar-refractivity contribution in [2.45, 2.75) is 38.2 Å². The number of rotatable bonds is 3. The molecule has 3 nitrogen and oxygen atoms in total. The highest BCUT2D eigenvalue weighted by Crippen LogP contribution is 2.38. The number of hydrogen-bond acceptors (Lipinski definition) is 3. The van der Waals surface area contributed by atoms with Crippen molar-refractivity contribution in [1.29, 1.82) is 0 Å². The van der Waals surface area contributed by atoms with Crippen LogP contribution in [0.3, 0.4) is 0 Å². The van der Waals surface area contributed by atoms with Crippen LogP contribution in [0, 0.1) is 5.92 Å². The largest absolute Gasteiger partial charge is 0.387 e. The lowest BCUT2D eigenvalue weighted by molar-refractivity contribution is 0.0805. The van der Waals surface area contributed by atoms with E-state index < -0.39 is 0 Å². The normalized spacial score (nSPS) is 19.2. The Morgan fingerprint density at radius 3 is 2.94 bits per heavy atom. The highest BCUT2D eigenvalue weighted by atomic mass is 32.1. The minimum atomic E-state index is -0.388. The molecule has 1 fully saturated rings. The van der Waals surface area contributed by atoms with Gasteiger partial charge in [0, 0.05) is 0 Å². The summed E-state index contributed by atoms with van der Waals surface area (Å²) < 4.78 is 2.01. The molecule has 2 aromatic rings. The number of aliphatic hydroxyl groups excluding tert-OH is 1. The SMILES string of the molecule is C=Cc1sc2cncn2c1[C@H](O)C1CCCCC1. The van der Waals surface area contributed by atoms with Crippen LogP contribution in [0.25, 0.3) is 10.9 Å². The maximum atomic E-state index is 10.7. The van der Waals surface area contributed by atoms with E-state index in [0.29, 0.717) is 5.92 Å². The average Bonchev–Trinajstić information content (AvgIpc) is 2.98. The lowest BCUT2D eigenvalue weighted by Crippen LogP contribution is -2.17. The van der Waals surface area contributed by atoms with E-state index in [0.717, 1.165) is 28.2 Å². The molecule has 18 heavy (non-hydrogen) atoms. The summed E-state index contributed by atoms with van der Waals surface area (Å²) in [7, 11) is 0. The van der Waals surface area contributed by atoms with Crippen LogP contribution in [0.5, 0.6) is 0 Å². The summed E-state index contributed by atoms with van der Waals surface area (Å²) in [5.74, 6) is 0.387. The summed E-state index contributed by atoms with van der Waals surface area (Å²) in [6.45, 7) is 3.86. The van der Waals surface area contributed by atoms with Crippen LogP contribution in [0.15, 0.2) is 19.1 Å². The molecule has 1 atom stereocenters. The van der Waals surface area contributed by atoms with E-state index >= 15 is 0 Å². The number of aromatic nitrogens is 2. The van der Waals surface area contributed by atoms with Crippen molar-refractivity contribution in [3.8, 4) is 0 Å². The zero-order chi connectivity index (χ0) is 12.5. The van der Waals surface area contributed by atoms with Gasteiger partial charge < -0.3 is 5.11 Å². The number of imidazole rings is 1. The van der Waals surface area contributed by atoms with Gasteiger partial charge in [0.05, 0.1) is 22.9 Å². The second-order valence-corrected chi connectivity index (χ2v) is 6.06. The quantitative estimate of drug-likeness (QED) is 0.916. The molecule has 96 valence electrons. The van der Waals surface area contributed by atoms with Crippen LogP contribution < -0.4 is 0 Å². The number of aliphatic hydroxyl groups is 1. The molecule has 3 rings (SSSR count).